The van der Waals surface area contributed by atoms with Gasteiger partial charge in [-0.2, -0.15) is 5.10 Å². The molecule has 0 aliphatic rings. The fourth-order valence-electron chi connectivity index (χ4n) is 2.48. The average molecular weight is 478 g/mol. The van der Waals surface area contributed by atoms with Crippen LogP contribution in [0.3, 0.4) is 0 Å². The molecule has 26 heavy (non-hydrogen) atoms. The first-order chi connectivity index (χ1) is 12.5. The highest BCUT2D eigenvalue weighted by Crippen LogP contribution is 2.34. The minimum atomic E-state index is -0.490. The van der Waals surface area contributed by atoms with E-state index in [1.54, 1.807) is 19.2 Å². The van der Waals surface area contributed by atoms with Gasteiger partial charge in [-0.05, 0) is 72.5 Å². The molecule has 0 spiro atoms. The molecule has 0 bridgehead atoms. The number of rotatable bonds is 4. The second-order valence-electron chi connectivity index (χ2n) is 5.43. The Bertz CT molecular complexity index is 996. The summed E-state index contributed by atoms with van der Waals surface area (Å²) in [4.78, 5) is 12.3. The van der Waals surface area contributed by atoms with E-state index in [-0.39, 0.29) is 11.3 Å². The van der Waals surface area contributed by atoms with E-state index in [4.69, 9.17) is 4.74 Å². The highest BCUT2D eigenvalue weighted by molar-refractivity contribution is 9.11. The molecule has 0 fully saturated rings. The molecule has 7 heteroatoms. The number of halogens is 2. The predicted molar refractivity (Wildman–Crippen MR) is 109 cm³/mol. The van der Waals surface area contributed by atoms with E-state index in [2.05, 4.69) is 42.4 Å². The number of ether oxygens (including phenoxy) is 1. The summed E-state index contributed by atoms with van der Waals surface area (Å²) < 4.78 is 6.76. The van der Waals surface area contributed by atoms with Crippen LogP contribution in [0.25, 0.3) is 10.8 Å². The van der Waals surface area contributed by atoms with Gasteiger partial charge < -0.3 is 9.84 Å². The molecule has 0 aliphatic carbocycles. The predicted octanol–water partition coefficient (Wildman–Crippen LogP) is 4.84. The minimum absolute atomic E-state index is 0.0914. The Hall–Kier alpha value is -2.38. The third-order valence-corrected chi connectivity index (χ3v) is 4.89. The van der Waals surface area contributed by atoms with Crippen LogP contribution >= 0.6 is 31.9 Å². The van der Waals surface area contributed by atoms with Gasteiger partial charge in [0, 0.05) is 0 Å². The number of carbonyl (C=O) groups is 1. The normalized spacial score (nSPS) is 11.0. The van der Waals surface area contributed by atoms with Crippen molar-refractivity contribution in [3.63, 3.8) is 0 Å². The van der Waals surface area contributed by atoms with Gasteiger partial charge in [0.15, 0.2) is 0 Å². The molecule has 3 aromatic carbocycles. The first-order valence-corrected chi connectivity index (χ1v) is 9.16. The van der Waals surface area contributed by atoms with Crippen molar-refractivity contribution in [2.75, 3.05) is 7.11 Å². The van der Waals surface area contributed by atoms with Crippen LogP contribution in [0, 0.1) is 0 Å². The molecule has 5 nitrogen and oxygen atoms in total. The standard InChI is InChI=1S/C19H14Br2N2O3/c1-26-18-15(20)6-11(7-16(18)21)10-22-23-19(25)14-8-12-4-2-3-5-13(12)9-17(14)24/h2-10,24H,1H3,(H,23,25). The van der Waals surface area contributed by atoms with E-state index in [0.717, 1.165) is 25.3 Å². The van der Waals surface area contributed by atoms with Crippen LogP contribution in [-0.2, 0) is 0 Å². The highest BCUT2D eigenvalue weighted by atomic mass is 79.9. The van der Waals surface area contributed by atoms with Crippen molar-refractivity contribution in [2.45, 2.75) is 0 Å². The van der Waals surface area contributed by atoms with Crippen molar-refractivity contribution in [3.05, 3.63) is 68.6 Å². The number of nitrogens with one attached hydrogen (secondary N) is 1. The van der Waals surface area contributed by atoms with Crippen LogP contribution in [0.2, 0.25) is 0 Å². The molecular formula is C19H14Br2N2O3. The lowest BCUT2D eigenvalue weighted by Crippen LogP contribution is -2.17. The monoisotopic (exact) mass is 476 g/mol. The SMILES string of the molecule is COc1c(Br)cc(C=NNC(=O)c2cc3ccccc3cc2O)cc1Br. The van der Waals surface area contributed by atoms with Crippen molar-refractivity contribution >= 4 is 54.8 Å². The lowest BCUT2D eigenvalue weighted by Gasteiger charge is -2.07. The summed E-state index contributed by atoms with van der Waals surface area (Å²) in [5.74, 6) is 0.0924. The van der Waals surface area contributed by atoms with E-state index in [9.17, 15) is 9.90 Å². The largest absolute Gasteiger partial charge is 0.507 e. The number of phenols is 1. The van der Waals surface area contributed by atoms with Crippen LogP contribution in [0.1, 0.15) is 15.9 Å². The average Bonchev–Trinajstić information content (AvgIpc) is 2.60. The smallest absolute Gasteiger partial charge is 0.275 e. The molecule has 0 unspecified atom stereocenters. The Morgan fingerprint density at radius 2 is 1.73 bits per heavy atom. The number of benzene rings is 3. The third-order valence-electron chi connectivity index (χ3n) is 3.71. The fraction of sp³-hybridized carbons (Fsp3) is 0.0526. The number of hydrogen-bond acceptors (Lipinski definition) is 4. The lowest BCUT2D eigenvalue weighted by molar-refractivity contribution is 0.0952. The first kappa shape index (κ1) is 18.4. The number of methoxy groups -OCH3 is 1. The van der Waals surface area contributed by atoms with Gasteiger partial charge in [-0.3, -0.25) is 4.79 Å². The summed E-state index contributed by atoms with van der Waals surface area (Å²) in [6, 6.07) is 14.3. The topological polar surface area (TPSA) is 70.9 Å². The van der Waals surface area contributed by atoms with E-state index >= 15 is 0 Å². The van der Waals surface area contributed by atoms with Gasteiger partial charge >= 0.3 is 0 Å². The van der Waals surface area contributed by atoms with Gasteiger partial charge in [0.05, 0.1) is 27.8 Å². The fourth-order valence-corrected chi connectivity index (χ4v) is 4.03. The van der Waals surface area contributed by atoms with Crippen molar-refractivity contribution in [1.82, 2.24) is 5.43 Å². The number of hydrazone groups is 1. The molecule has 0 aliphatic heterocycles. The van der Waals surface area contributed by atoms with Crippen molar-refractivity contribution in [1.29, 1.82) is 0 Å². The van der Waals surface area contributed by atoms with Crippen LogP contribution in [-0.4, -0.2) is 24.3 Å². The van der Waals surface area contributed by atoms with Gasteiger partial charge in [-0.15, -0.1) is 0 Å². The highest BCUT2D eigenvalue weighted by Gasteiger charge is 2.12. The Morgan fingerprint density at radius 3 is 2.35 bits per heavy atom. The Kier molecular flexibility index (Phi) is 5.58. The maximum atomic E-state index is 12.3. The zero-order valence-corrected chi connectivity index (χ0v) is 16.8. The molecule has 0 aromatic heterocycles. The van der Waals surface area contributed by atoms with E-state index < -0.39 is 5.91 Å². The molecule has 132 valence electrons. The summed E-state index contributed by atoms with van der Waals surface area (Å²) in [5, 5.41) is 15.8. The number of carbonyl (C=O) groups excluding carboxylic acids is 1. The van der Waals surface area contributed by atoms with Crippen LogP contribution in [0.4, 0.5) is 0 Å². The van der Waals surface area contributed by atoms with Crippen molar-refractivity contribution in [2.24, 2.45) is 5.10 Å². The number of aromatic hydroxyl groups is 1. The minimum Gasteiger partial charge on any atom is -0.507 e. The summed E-state index contributed by atoms with van der Waals surface area (Å²) in [5.41, 5.74) is 3.35. The van der Waals surface area contributed by atoms with E-state index in [0.29, 0.717) is 5.75 Å². The molecule has 0 atom stereocenters. The number of fused-ring (bicyclic) bond motifs is 1. The van der Waals surface area contributed by atoms with Crippen molar-refractivity contribution < 1.29 is 14.6 Å². The summed E-state index contributed by atoms with van der Waals surface area (Å²) in [7, 11) is 1.58. The van der Waals surface area contributed by atoms with Gasteiger partial charge in [-0.1, -0.05) is 24.3 Å². The Labute approximate surface area is 166 Å². The zero-order valence-electron chi connectivity index (χ0n) is 13.7. The Morgan fingerprint density at radius 1 is 1.12 bits per heavy atom. The van der Waals surface area contributed by atoms with Gasteiger partial charge in [-0.25, -0.2) is 5.43 Å². The maximum Gasteiger partial charge on any atom is 0.275 e. The molecule has 1 amide bonds. The second kappa shape index (κ2) is 7.88. The number of nitrogens with zero attached hydrogens (tertiary/aromatic N) is 1. The number of phenolic OH excluding ortho intramolecular Hbond substituents is 1. The van der Waals surface area contributed by atoms with Gasteiger partial charge in [0.1, 0.15) is 11.5 Å². The van der Waals surface area contributed by atoms with Gasteiger partial charge in [0.25, 0.3) is 5.91 Å². The van der Waals surface area contributed by atoms with E-state index in [1.807, 2.05) is 36.4 Å². The molecule has 0 saturated carbocycles. The van der Waals surface area contributed by atoms with E-state index in [1.165, 1.54) is 6.21 Å². The molecular weight excluding hydrogens is 464 g/mol. The molecule has 0 heterocycles. The molecule has 3 rings (SSSR count). The zero-order chi connectivity index (χ0) is 18.7. The molecule has 0 radical (unpaired) electrons. The quantitative estimate of drug-likeness (QED) is 0.417. The second-order valence-corrected chi connectivity index (χ2v) is 7.14. The summed E-state index contributed by atoms with van der Waals surface area (Å²) in [6.07, 6.45) is 1.50. The lowest BCUT2D eigenvalue weighted by atomic mass is 10.1. The Balaban J connectivity index is 1.79. The molecule has 0 saturated heterocycles. The third kappa shape index (κ3) is 3.89. The van der Waals surface area contributed by atoms with Crippen molar-refractivity contribution in [3.8, 4) is 11.5 Å². The summed E-state index contributed by atoms with van der Waals surface area (Å²) >= 11 is 6.82. The number of hydrogen-bond donors (Lipinski definition) is 2. The van der Waals surface area contributed by atoms with Crippen LogP contribution < -0.4 is 10.2 Å². The first-order valence-electron chi connectivity index (χ1n) is 7.58. The molecule has 3 aromatic rings. The number of amides is 1. The molecule has 2 N–H and O–H groups in total. The maximum absolute atomic E-state index is 12.3. The van der Waals surface area contributed by atoms with Gasteiger partial charge in [0.2, 0.25) is 0 Å². The summed E-state index contributed by atoms with van der Waals surface area (Å²) in [6.45, 7) is 0. The van der Waals surface area contributed by atoms with Crippen LogP contribution in [0.15, 0.2) is 62.6 Å². The van der Waals surface area contributed by atoms with Crippen LogP contribution in [0.5, 0.6) is 11.5 Å².